The summed E-state index contributed by atoms with van der Waals surface area (Å²) in [6.07, 6.45) is 5.43. The maximum Gasteiger partial charge on any atom is 0.408 e. The molecule has 1 saturated carbocycles. The molecule has 1 aliphatic rings. The average Bonchev–Trinajstić information content (AvgIpc) is 2.47. The molecular weight excluding hydrogens is 282 g/mol. The summed E-state index contributed by atoms with van der Waals surface area (Å²) in [6, 6.07) is 8.42. The number of aliphatic carboxylic acids is 1. The second-order valence-electron chi connectivity index (χ2n) is 5.82. The largest absolute Gasteiger partial charge is 0.480 e. The van der Waals surface area contributed by atoms with Crippen LogP contribution in [0.15, 0.2) is 30.3 Å². The minimum absolute atomic E-state index is 0.140. The van der Waals surface area contributed by atoms with Gasteiger partial charge in [0.05, 0.1) is 0 Å². The molecule has 0 bridgehead atoms. The molecule has 2 rings (SSSR count). The quantitative estimate of drug-likeness (QED) is 0.772. The summed E-state index contributed by atoms with van der Waals surface area (Å²) in [7, 11) is 0. The normalized spacial score (nSPS) is 15.6. The molecule has 1 aromatic rings. The number of alkyl carbamates (subject to hydrolysis) is 1. The lowest BCUT2D eigenvalue weighted by Gasteiger charge is -2.25. The van der Waals surface area contributed by atoms with Crippen molar-refractivity contribution in [1.29, 1.82) is 0 Å². The van der Waals surface area contributed by atoms with Crippen LogP contribution >= 0.6 is 0 Å². The second-order valence-corrected chi connectivity index (χ2v) is 5.82. The van der Waals surface area contributed by atoms with E-state index >= 15 is 0 Å². The van der Waals surface area contributed by atoms with Crippen LogP contribution in [0.3, 0.4) is 0 Å². The zero-order chi connectivity index (χ0) is 15.8. The SMILES string of the molecule is O=C(NC(CCCC1CCC1)C(=O)O)OCc1ccccc1. The van der Waals surface area contributed by atoms with Crippen molar-refractivity contribution in [2.24, 2.45) is 5.92 Å². The zero-order valence-corrected chi connectivity index (χ0v) is 12.7. The number of hydrogen-bond acceptors (Lipinski definition) is 3. The van der Waals surface area contributed by atoms with Crippen LogP contribution in [0.25, 0.3) is 0 Å². The predicted octanol–water partition coefficient (Wildman–Crippen LogP) is 3.34. The fourth-order valence-corrected chi connectivity index (χ4v) is 2.56. The number of carbonyl (C=O) groups is 2. The van der Waals surface area contributed by atoms with Gasteiger partial charge in [0.1, 0.15) is 12.6 Å². The molecule has 120 valence electrons. The lowest BCUT2D eigenvalue weighted by molar-refractivity contribution is -0.139. The van der Waals surface area contributed by atoms with Crippen molar-refractivity contribution in [3.8, 4) is 0 Å². The van der Waals surface area contributed by atoms with Crippen LogP contribution in [0.2, 0.25) is 0 Å². The molecule has 5 heteroatoms. The first-order valence-corrected chi connectivity index (χ1v) is 7.85. The number of amides is 1. The number of ether oxygens (including phenoxy) is 1. The maximum absolute atomic E-state index is 11.7. The van der Waals surface area contributed by atoms with Crippen LogP contribution in [0.1, 0.15) is 44.1 Å². The Hall–Kier alpha value is -2.04. The van der Waals surface area contributed by atoms with Crippen LogP contribution in [-0.2, 0) is 16.1 Å². The van der Waals surface area contributed by atoms with Gasteiger partial charge >= 0.3 is 12.1 Å². The summed E-state index contributed by atoms with van der Waals surface area (Å²) < 4.78 is 5.06. The number of hydrogen-bond donors (Lipinski definition) is 2. The van der Waals surface area contributed by atoms with E-state index in [1.165, 1.54) is 19.3 Å². The lowest BCUT2D eigenvalue weighted by Crippen LogP contribution is -2.41. The lowest BCUT2D eigenvalue weighted by atomic mass is 9.81. The van der Waals surface area contributed by atoms with Gasteiger partial charge in [-0.1, -0.05) is 62.4 Å². The van der Waals surface area contributed by atoms with Gasteiger partial charge in [-0.15, -0.1) is 0 Å². The molecule has 0 aromatic heterocycles. The van der Waals surface area contributed by atoms with Gasteiger partial charge in [-0.05, 0) is 17.9 Å². The Balaban J connectivity index is 1.69. The third-order valence-corrected chi connectivity index (χ3v) is 4.13. The molecule has 0 radical (unpaired) electrons. The van der Waals surface area contributed by atoms with E-state index in [0.717, 1.165) is 24.3 Å². The summed E-state index contributed by atoms with van der Waals surface area (Å²) >= 11 is 0. The molecule has 2 N–H and O–H groups in total. The van der Waals surface area contributed by atoms with Crippen LogP contribution in [-0.4, -0.2) is 23.2 Å². The molecule has 1 unspecified atom stereocenters. The number of carboxylic acid groups (broad SMARTS) is 1. The van der Waals surface area contributed by atoms with Crippen LogP contribution < -0.4 is 5.32 Å². The van der Waals surface area contributed by atoms with Crippen molar-refractivity contribution in [2.45, 2.75) is 51.2 Å². The summed E-state index contributed by atoms with van der Waals surface area (Å²) in [4.78, 5) is 22.9. The van der Waals surface area contributed by atoms with Gasteiger partial charge in [0.15, 0.2) is 0 Å². The molecule has 0 spiro atoms. The highest BCUT2D eigenvalue weighted by Crippen LogP contribution is 2.30. The highest BCUT2D eigenvalue weighted by Gasteiger charge is 2.22. The third kappa shape index (κ3) is 5.39. The van der Waals surface area contributed by atoms with E-state index in [-0.39, 0.29) is 6.61 Å². The van der Waals surface area contributed by atoms with Gasteiger partial charge in [0.25, 0.3) is 0 Å². The second kappa shape index (κ2) is 8.41. The number of carbonyl (C=O) groups excluding carboxylic acids is 1. The molecule has 0 heterocycles. The molecule has 1 fully saturated rings. The Morgan fingerprint density at radius 1 is 1.27 bits per heavy atom. The number of benzene rings is 1. The number of nitrogens with one attached hydrogen (secondary N) is 1. The van der Waals surface area contributed by atoms with Gasteiger partial charge < -0.3 is 15.2 Å². The minimum atomic E-state index is -1.01. The molecule has 0 saturated heterocycles. The molecule has 1 aromatic carbocycles. The molecular formula is C17H23NO4. The molecule has 1 aliphatic carbocycles. The van der Waals surface area contributed by atoms with E-state index < -0.39 is 18.1 Å². The molecule has 0 aliphatic heterocycles. The Bertz CT molecular complexity index is 485. The van der Waals surface area contributed by atoms with Gasteiger partial charge in [-0.25, -0.2) is 9.59 Å². The Morgan fingerprint density at radius 3 is 2.59 bits per heavy atom. The smallest absolute Gasteiger partial charge is 0.408 e. The van der Waals surface area contributed by atoms with Gasteiger partial charge in [0, 0.05) is 0 Å². The van der Waals surface area contributed by atoms with E-state index in [1.807, 2.05) is 30.3 Å². The number of rotatable bonds is 8. The monoisotopic (exact) mass is 305 g/mol. The standard InChI is InChI=1S/C17H23NO4/c19-16(20)15(11-5-10-13-8-4-9-13)18-17(21)22-12-14-6-2-1-3-7-14/h1-3,6-7,13,15H,4-5,8-12H2,(H,18,21)(H,19,20). The van der Waals surface area contributed by atoms with Crippen LogP contribution in [0.4, 0.5) is 4.79 Å². The first-order valence-electron chi connectivity index (χ1n) is 7.85. The van der Waals surface area contributed by atoms with Gasteiger partial charge in [-0.3, -0.25) is 0 Å². The number of carboxylic acids is 1. The van der Waals surface area contributed by atoms with Crippen LogP contribution in [0.5, 0.6) is 0 Å². The van der Waals surface area contributed by atoms with Crippen LogP contribution in [0, 0.1) is 5.92 Å². The average molecular weight is 305 g/mol. The van der Waals surface area contributed by atoms with E-state index in [2.05, 4.69) is 5.32 Å². The van der Waals surface area contributed by atoms with E-state index in [4.69, 9.17) is 4.74 Å². The summed E-state index contributed by atoms with van der Waals surface area (Å²) in [5, 5.41) is 11.6. The van der Waals surface area contributed by atoms with E-state index in [0.29, 0.717) is 6.42 Å². The van der Waals surface area contributed by atoms with Crippen molar-refractivity contribution >= 4 is 12.1 Å². The van der Waals surface area contributed by atoms with E-state index in [9.17, 15) is 14.7 Å². The Labute approximate surface area is 130 Å². The molecule has 1 amide bonds. The van der Waals surface area contributed by atoms with Crippen molar-refractivity contribution in [2.75, 3.05) is 0 Å². The van der Waals surface area contributed by atoms with Crippen molar-refractivity contribution in [1.82, 2.24) is 5.32 Å². The first kappa shape index (κ1) is 16.3. The molecule has 22 heavy (non-hydrogen) atoms. The first-order chi connectivity index (χ1) is 10.6. The predicted molar refractivity (Wildman–Crippen MR) is 82.4 cm³/mol. The fraction of sp³-hybridized carbons (Fsp3) is 0.529. The van der Waals surface area contributed by atoms with Gasteiger partial charge in [-0.2, -0.15) is 0 Å². The Kier molecular flexibility index (Phi) is 6.25. The van der Waals surface area contributed by atoms with Crippen molar-refractivity contribution < 1.29 is 19.4 Å². The fourth-order valence-electron chi connectivity index (χ4n) is 2.56. The summed E-state index contributed by atoms with van der Waals surface area (Å²) in [5.74, 6) is -0.259. The molecule has 5 nitrogen and oxygen atoms in total. The highest BCUT2D eigenvalue weighted by atomic mass is 16.5. The minimum Gasteiger partial charge on any atom is -0.480 e. The summed E-state index contributed by atoms with van der Waals surface area (Å²) in [5.41, 5.74) is 0.870. The Morgan fingerprint density at radius 2 is 2.00 bits per heavy atom. The van der Waals surface area contributed by atoms with Crippen molar-refractivity contribution in [3.05, 3.63) is 35.9 Å². The third-order valence-electron chi connectivity index (χ3n) is 4.13. The molecule has 1 atom stereocenters. The maximum atomic E-state index is 11.7. The van der Waals surface area contributed by atoms with Crippen molar-refractivity contribution in [3.63, 3.8) is 0 Å². The van der Waals surface area contributed by atoms with E-state index in [1.54, 1.807) is 0 Å². The summed E-state index contributed by atoms with van der Waals surface area (Å²) in [6.45, 7) is 0.140. The van der Waals surface area contributed by atoms with Gasteiger partial charge in [0.2, 0.25) is 0 Å². The zero-order valence-electron chi connectivity index (χ0n) is 12.7. The topological polar surface area (TPSA) is 75.6 Å². The highest BCUT2D eigenvalue weighted by molar-refractivity contribution is 5.79.